The fraction of sp³-hybridized carbons (Fsp3) is 0.222. The molecule has 0 bridgehead atoms. The minimum absolute atomic E-state index is 0.0252. The van der Waals surface area contributed by atoms with E-state index in [1.807, 2.05) is 80.3 Å². The third-order valence-electron chi connectivity index (χ3n) is 5.60. The van der Waals surface area contributed by atoms with E-state index >= 15 is 0 Å². The summed E-state index contributed by atoms with van der Waals surface area (Å²) in [7, 11) is 7.49. The predicted molar refractivity (Wildman–Crippen MR) is 141 cm³/mol. The first-order valence-electron chi connectivity index (χ1n) is 11.2. The number of ether oxygens (including phenoxy) is 1. The highest BCUT2D eigenvalue weighted by atomic mass is 32.2. The van der Waals surface area contributed by atoms with Gasteiger partial charge in [-0.3, -0.25) is 9.36 Å². The number of amides is 1. The lowest BCUT2D eigenvalue weighted by Gasteiger charge is -2.18. The zero-order valence-corrected chi connectivity index (χ0v) is 21.2. The Morgan fingerprint density at radius 3 is 2.37 bits per heavy atom. The van der Waals surface area contributed by atoms with Crippen LogP contribution in [0.3, 0.4) is 0 Å². The van der Waals surface area contributed by atoms with Crippen molar-refractivity contribution in [3.05, 3.63) is 84.4 Å². The summed E-state index contributed by atoms with van der Waals surface area (Å²) in [5.41, 5.74) is 4.03. The molecule has 4 rings (SSSR count). The van der Waals surface area contributed by atoms with Crippen LogP contribution in [0.1, 0.15) is 5.56 Å². The van der Waals surface area contributed by atoms with Gasteiger partial charge in [-0.2, -0.15) is 0 Å². The number of carbonyl (C=O) groups excluding carboxylic acids is 1. The molecule has 1 heterocycles. The normalized spacial score (nSPS) is 10.7. The summed E-state index contributed by atoms with van der Waals surface area (Å²) < 4.78 is 7.36. The predicted octanol–water partition coefficient (Wildman–Crippen LogP) is 4.76. The lowest BCUT2D eigenvalue weighted by Crippen LogP contribution is -2.28. The van der Waals surface area contributed by atoms with Crippen LogP contribution < -0.4 is 9.64 Å². The number of carbonyl (C=O) groups is 1. The summed E-state index contributed by atoms with van der Waals surface area (Å²) in [6.07, 6.45) is 0. The Labute approximate surface area is 210 Å². The van der Waals surface area contributed by atoms with E-state index in [9.17, 15) is 4.79 Å². The van der Waals surface area contributed by atoms with Gasteiger partial charge in [-0.1, -0.05) is 54.2 Å². The summed E-state index contributed by atoms with van der Waals surface area (Å²) in [5, 5.41) is 9.54. The van der Waals surface area contributed by atoms with E-state index < -0.39 is 0 Å². The van der Waals surface area contributed by atoms with Crippen LogP contribution in [0.25, 0.3) is 17.1 Å². The van der Waals surface area contributed by atoms with Gasteiger partial charge in [-0.25, -0.2) is 0 Å². The number of methoxy groups -OCH3 is 1. The van der Waals surface area contributed by atoms with E-state index in [1.165, 1.54) is 11.8 Å². The molecule has 8 heteroatoms. The molecular weight excluding hydrogens is 458 g/mol. The van der Waals surface area contributed by atoms with Crippen LogP contribution in [-0.4, -0.2) is 59.6 Å². The summed E-state index contributed by atoms with van der Waals surface area (Å²) >= 11 is 1.38. The number of benzene rings is 3. The third-order valence-corrected chi connectivity index (χ3v) is 6.51. The summed E-state index contributed by atoms with van der Waals surface area (Å²) in [6.45, 7) is 0.549. The quantitative estimate of drug-likeness (QED) is 0.317. The van der Waals surface area contributed by atoms with Gasteiger partial charge in [-0.15, -0.1) is 10.2 Å². The van der Waals surface area contributed by atoms with Crippen LogP contribution in [-0.2, 0) is 11.3 Å². The molecule has 0 saturated heterocycles. The topological polar surface area (TPSA) is 63.5 Å². The van der Waals surface area contributed by atoms with Crippen molar-refractivity contribution in [3.63, 3.8) is 0 Å². The molecule has 1 amide bonds. The van der Waals surface area contributed by atoms with Crippen molar-refractivity contribution in [2.24, 2.45) is 0 Å². The lowest BCUT2D eigenvalue weighted by molar-refractivity contribution is -0.127. The van der Waals surface area contributed by atoms with Gasteiger partial charge in [0.15, 0.2) is 11.0 Å². The fourth-order valence-electron chi connectivity index (χ4n) is 3.62. The van der Waals surface area contributed by atoms with Crippen LogP contribution in [0.5, 0.6) is 5.75 Å². The molecule has 0 atom stereocenters. The monoisotopic (exact) mass is 487 g/mol. The number of thioether (sulfide) groups is 1. The molecule has 180 valence electrons. The smallest absolute Gasteiger partial charge is 0.233 e. The van der Waals surface area contributed by atoms with Crippen LogP contribution in [0.4, 0.5) is 5.69 Å². The molecular formula is C27H29N5O2S. The van der Waals surface area contributed by atoms with E-state index in [1.54, 1.807) is 12.0 Å². The molecule has 0 unspecified atom stereocenters. The minimum Gasteiger partial charge on any atom is -0.497 e. The molecule has 0 aliphatic carbocycles. The van der Waals surface area contributed by atoms with Gasteiger partial charge < -0.3 is 14.5 Å². The van der Waals surface area contributed by atoms with E-state index in [2.05, 4.69) is 39.4 Å². The first kappa shape index (κ1) is 24.3. The van der Waals surface area contributed by atoms with Crippen molar-refractivity contribution in [2.75, 3.05) is 38.9 Å². The van der Waals surface area contributed by atoms with E-state index in [-0.39, 0.29) is 11.7 Å². The maximum atomic E-state index is 12.9. The standard InChI is InChI=1S/C27H29N5O2S/c1-30(2)22-15-13-20(14-16-22)18-31(3)25(33)19-35-27-29-28-26(21-9-8-12-24(17-21)34-4)32(27)23-10-6-5-7-11-23/h5-17H,18-19H2,1-4H3. The van der Waals surface area contributed by atoms with Gasteiger partial charge in [0, 0.05) is 44.6 Å². The first-order chi connectivity index (χ1) is 17.0. The van der Waals surface area contributed by atoms with E-state index in [0.717, 1.165) is 28.3 Å². The number of aromatic nitrogens is 3. The molecule has 0 aliphatic heterocycles. The molecule has 1 aromatic heterocycles. The number of nitrogens with zero attached hydrogens (tertiary/aromatic N) is 5. The number of para-hydroxylation sites is 1. The molecule has 35 heavy (non-hydrogen) atoms. The van der Waals surface area contributed by atoms with Crippen molar-refractivity contribution in [1.82, 2.24) is 19.7 Å². The molecule has 0 N–H and O–H groups in total. The molecule has 0 aliphatic rings. The average molecular weight is 488 g/mol. The maximum absolute atomic E-state index is 12.9. The molecule has 0 fully saturated rings. The maximum Gasteiger partial charge on any atom is 0.233 e. The molecule has 3 aromatic carbocycles. The van der Waals surface area contributed by atoms with Crippen LogP contribution in [0.2, 0.25) is 0 Å². The van der Waals surface area contributed by atoms with Crippen LogP contribution >= 0.6 is 11.8 Å². The second-order valence-corrected chi connectivity index (χ2v) is 9.25. The van der Waals surface area contributed by atoms with Gasteiger partial charge in [0.1, 0.15) is 5.75 Å². The van der Waals surface area contributed by atoms with Gasteiger partial charge >= 0.3 is 0 Å². The van der Waals surface area contributed by atoms with E-state index in [4.69, 9.17) is 4.74 Å². The molecule has 0 saturated carbocycles. The number of anilines is 1. The highest BCUT2D eigenvalue weighted by Gasteiger charge is 2.19. The number of hydrogen-bond donors (Lipinski definition) is 0. The zero-order chi connectivity index (χ0) is 24.8. The summed E-state index contributed by atoms with van der Waals surface area (Å²) in [5.74, 6) is 1.72. The average Bonchev–Trinajstić information content (AvgIpc) is 3.32. The molecule has 0 spiro atoms. The fourth-order valence-corrected chi connectivity index (χ4v) is 4.51. The Morgan fingerprint density at radius 2 is 1.69 bits per heavy atom. The highest BCUT2D eigenvalue weighted by Crippen LogP contribution is 2.29. The van der Waals surface area contributed by atoms with Crippen molar-refractivity contribution in [1.29, 1.82) is 0 Å². The Morgan fingerprint density at radius 1 is 0.943 bits per heavy atom. The minimum atomic E-state index is 0.0252. The third kappa shape index (κ3) is 5.84. The molecule has 4 aromatic rings. The largest absolute Gasteiger partial charge is 0.497 e. The summed E-state index contributed by atoms with van der Waals surface area (Å²) in [6, 6.07) is 25.9. The van der Waals surface area contributed by atoms with E-state index in [0.29, 0.717) is 17.5 Å². The Kier molecular flexibility index (Phi) is 7.72. The van der Waals surface area contributed by atoms with Gasteiger partial charge in [-0.05, 0) is 42.0 Å². The Bertz CT molecular complexity index is 1270. The SMILES string of the molecule is COc1cccc(-c2nnc(SCC(=O)N(C)Cc3ccc(N(C)C)cc3)n2-c2ccccc2)c1. The van der Waals surface area contributed by atoms with Crippen molar-refractivity contribution < 1.29 is 9.53 Å². The van der Waals surface area contributed by atoms with Crippen LogP contribution in [0, 0.1) is 0 Å². The summed E-state index contributed by atoms with van der Waals surface area (Å²) in [4.78, 5) is 16.7. The zero-order valence-electron chi connectivity index (χ0n) is 20.4. The van der Waals surface area contributed by atoms with Gasteiger partial charge in [0.2, 0.25) is 5.91 Å². The van der Waals surface area contributed by atoms with Gasteiger partial charge in [0.25, 0.3) is 0 Å². The second kappa shape index (κ2) is 11.1. The highest BCUT2D eigenvalue weighted by molar-refractivity contribution is 7.99. The Balaban J connectivity index is 1.51. The first-order valence-corrected chi connectivity index (χ1v) is 12.2. The van der Waals surface area contributed by atoms with Gasteiger partial charge in [0.05, 0.1) is 12.9 Å². The van der Waals surface area contributed by atoms with Crippen molar-refractivity contribution >= 4 is 23.4 Å². The number of hydrogen-bond acceptors (Lipinski definition) is 6. The Hall–Kier alpha value is -3.78. The van der Waals surface area contributed by atoms with Crippen LogP contribution in [0.15, 0.2) is 84.0 Å². The lowest BCUT2D eigenvalue weighted by atomic mass is 10.2. The second-order valence-electron chi connectivity index (χ2n) is 8.31. The van der Waals surface area contributed by atoms with Crippen molar-refractivity contribution in [3.8, 4) is 22.8 Å². The number of rotatable bonds is 9. The van der Waals surface area contributed by atoms with Crippen molar-refractivity contribution in [2.45, 2.75) is 11.7 Å². The molecule has 0 radical (unpaired) electrons. The molecule has 7 nitrogen and oxygen atoms in total.